The van der Waals surface area contributed by atoms with Gasteiger partial charge in [-0.1, -0.05) is 42.0 Å². The Kier molecular flexibility index (Phi) is 5.21. The van der Waals surface area contributed by atoms with Gasteiger partial charge in [-0.25, -0.2) is 4.39 Å². The third kappa shape index (κ3) is 3.67. The van der Waals surface area contributed by atoms with Crippen LogP contribution in [0.5, 0.6) is 5.75 Å². The van der Waals surface area contributed by atoms with Crippen LogP contribution in [0.4, 0.5) is 4.39 Å². The second-order valence-electron chi connectivity index (χ2n) is 8.22. The van der Waals surface area contributed by atoms with Crippen molar-refractivity contribution in [3.63, 3.8) is 0 Å². The molecule has 0 spiro atoms. The maximum Gasteiger partial charge on any atom is 0.290 e. The van der Waals surface area contributed by atoms with E-state index >= 15 is 0 Å². The number of methoxy groups -OCH3 is 1. The lowest BCUT2D eigenvalue weighted by Crippen LogP contribution is -2.31. The molecule has 5 rings (SSSR count). The topological polar surface area (TPSA) is 59.8 Å². The van der Waals surface area contributed by atoms with Crippen LogP contribution >= 0.6 is 0 Å². The second-order valence-corrected chi connectivity index (χ2v) is 8.22. The minimum atomic E-state index is -0.602. The van der Waals surface area contributed by atoms with E-state index in [0.29, 0.717) is 13.0 Å². The number of halogens is 1. The molecule has 5 nitrogen and oxygen atoms in total. The van der Waals surface area contributed by atoms with Crippen LogP contribution in [0.1, 0.15) is 38.9 Å². The summed E-state index contributed by atoms with van der Waals surface area (Å²) in [4.78, 5) is 28.5. The first-order chi connectivity index (χ1) is 16.0. The second kappa shape index (κ2) is 8.20. The van der Waals surface area contributed by atoms with Crippen molar-refractivity contribution >= 4 is 16.9 Å². The predicted octanol–water partition coefficient (Wildman–Crippen LogP) is 5.04. The Balaban J connectivity index is 1.60. The SMILES string of the molecule is COc1ccc(CCN2C(=O)c3oc4ccc(F)cc4c(=O)c3[C@H]2c2ccc(C)cc2)cc1. The molecule has 6 heteroatoms. The van der Waals surface area contributed by atoms with E-state index in [0.717, 1.165) is 28.5 Å². The number of hydrogen-bond acceptors (Lipinski definition) is 4. The van der Waals surface area contributed by atoms with E-state index < -0.39 is 11.9 Å². The normalized spacial score (nSPS) is 15.2. The van der Waals surface area contributed by atoms with Gasteiger partial charge in [-0.05, 0) is 54.8 Å². The van der Waals surface area contributed by atoms with E-state index in [1.807, 2.05) is 55.5 Å². The third-order valence-corrected chi connectivity index (χ3v) is 6.12. The maximum atomic E-state index is 13.9. The van der Waals surface area contributed by atoms with Gasteiger partial charge >= 0.3 is 0 Å². The summed E-state index contributed by atoms with van der Waals surface area (Å²) in [6.45, 7) is 2.36. The smallest absolute Gasteiger partial charge is 0.290 e. The standard InChI is InChI=1S/C27H22FNO4/c1-16-3-7-18(8-4-16)24-23-25(30)21-15-19(28)9-12-22(21)33-26(23)27(31)29(24)14-13-17-5-10-20(32-2)11-6-17/h3-12,15,24H,13-14H2,1-2H3/t24-/m1/s1. The molecular weight excluding hydrogens is 421 g/mol. The van der Waals surface area contributed by atoms with Gasteiger partial charge in [-0.15, -0.1) is 0 Å². The van der Waals surface area contributed by atoms with Crippen molar-refractivity contribution in [1.82, 2.24) is 4.90 Å². The zero-order chi connectivity index (χ0) is 23.1. The van der Waals surface area contributed by atoms with Crippen molar-refractivity contribution in [3.05, 3.63) is 111 Å². The number of aryl methyl sites for hydroxylation is 1. The van der Waals surface area contributed by atoms with Gasteiger partial charge in [0.1, 0.15) is 17.1 Å². The molecule has 2 heterocycles. The van der Waals surface area contributed by atoms with Crippen molar-refractivity contribution in [1.29, 1.82) is 0 Å². The van der Waals surface area contributed by atoms with Crippen LogP contribution in [0, 0.1) is 12.7 Å². The Hall–Kier alpha value is -3.93. The average Bonchev–Trinajstić information content (AvgIpc) is 3.11. The number of ether oxygens (including phenoxy) is 1. The zero-order valence-corrected chi connectivity index (χ0v) is 18.3. The van der Waals surface area contributed by atoms with Crippen LogP contribution in [-0.4, -0.2) is 24.5 Å². The molecule has 0 unspecified atom stereocenters. The number of carbonyl (C=O) groups excluding carboxylic acids is 1. The summed E-state index contributed by atoms with van der Waals surface area (Å²) in [6, 6.07) is 18.5. The summed E-state index contributed by atoms with van der Waals surface area (Å²) < 4.78 is 25.0. The fourth-order valence-electron chi connectivity index (χ4n) is 4.36. The highest BCUT2D eigenvalue weighted by Crippen LogP contribution is 2.38. The Morgan fingerprint density at radius 1 is 1.00 bits per heavy atom. The first-order valence-electron chi connectivity index (χ1n) is 10.7. The van der Waals surface area contributed by atoms with Crippen molar-refractivity contribution in [2.24, 2.45) is 0 Å². The van der Waals surface area contributed by atoms with Gasteiger partial charge in [0.25, 0.3) is 5.91 Å². The third-order valence-electron chi connectivity index (χ3n) is 6.12. The van der Waals surface area contributed by atoms with Crippen LogP contribution in [0.2, 0.25) is 0 Å². The van der Waals surface area contributed by atoms with Crippen molar-refractivity contribution in [2.45, 2.75) is 19.4 Å². The van der Waals surface area contributed by atoms with Gasteiger partial charge in [-0.3, -0.25) is 9.59 Å². The summed E-state index contributed by atoms with van der Waals surface area (Å²) in [5.41, 5.74) is 3.00. The highest BCUT2D eigenvalue weighted by atomic mass is 19.1. The molecule has 0 aliphatic carbocycles. The number of rotatable bonds is 5. The number of hydrogen-bond donors (Lipinski definition) is 0. The number of fused-ring (bicyclic) bond motifs is 2. The first kappa shape index (κ1) is 20.9. The lowest BCUT2D eigenvalue weighted by Gasteiger charge is -2.25. The van der Waals surface area contributed by atoms with Gasteiger partial charge in [0.2, 0.25) is 5.76 Å². The first-order valence-corrected chi connectivity index (χ1v) is 10.7. The van der Waals surface area contributed by atoms with Gasteiger partial charge in [0, 0.05) is 6.54 Å². The van der Waals surface area contributed by atoms with Gasteiger partial charge < -0.3 is 14.1 Å². The molecule has 1 aromatic heterocycles. The molecule has 1 aliphatic rings. The van der Waals surface area contributed by atoms with Gasteiger partial charge in [0.15, 0.2) is 5.43 Å². The quantitative estimate of drug-likeness (QED) is 0.434. The number of carbonyl (C=O) groups is 1. The molecule has 1 aliphatic heterocycles. The van der Waals surface area contributed by atoms with E-state index in [1.54, 1.807) is 12.0 Å². The molecule has 3 aromatic carbocycles. The number of amides is 1. The van der Waals surface area contributed by atoms with Crippen LogP contribution < -0.4 is 10.2 Å². The van der Waals surface area contributed by atoms with E-state index in [4.69, 9.17) is 9.15 Å². The van der Waals surface area contributed by atoms with Crippen LogP contribution in [0.25, 0.3) is 11.0 Å². The molecule has 33 heavy (non-hydrogen) atoms. The van der Waals surface area contributed by atoms with Crippen LogP contribution in [0.3, 0.4) is 0 Å². The van der Waals surface area contributed by atoms with Gasteiger partial charge in [-0.2, -0.15) is 0 Å². The molecule has 1 amide bonds. The number of benzene rings is 3. The number of nitrogens with zero attached hydrogens (tertiary/aromatic N) is 1. The van der Waals surface area contributed by atoms with E-state index in [2.05, 4.69) is 0 Å². The zero-order valence-electron chi connectivity index (χ0n) is 18.3. The molecule has 0 fully saturated rings. The largest absolute Gasteiger partial charge is 0.497 e. The minimum Gasteiger partial charge on any atom is -0.497 e. The Labute approximate surface area is 190 Å². The van der Waals surface area contributed by atoms with Crippen molar-refractivity contribution in [2.75, 3.05) is 13.7 Å². The molecule has 0 N–H and O–H groups in total. The summed E-state index contributed by atoms with van der Waals surface area (Å²) in [6.07, 6.45) is 0.592. The van der Waals surface area contributed by atoms with Crippen LogP contribution in [-0.2, 0) is 6.42 Å². The molecule has 0 radical (unpaired) electrons. The molecule has 1 atom stereocenters. The molecule has 0 saturated carbocycles. The van der Waals surface area contributed by atoms with E-state index in [-0.39, 0.29) is 33.6 Å². The molecule has 0 saturated heterocycles. The Bertz CT molecular complexity index is 1410. The fourth-order valence-corrected chi connectivity index (χ4v) is 4.36. The van der Waals surface area contributed by atoms with E-state index in [9.17, 15) is 14.0 Å². The van der Waals surface area contributed by atoms with Gasteiger partial charge in [0.05, 0.1) is 24.1 Å². The Morgan fingerprint density at radius 2 is 1.73 bits per heavy atom. The molecule has 4 aromatic rings. The average molecular weight is 443 g/mol. The minimum absolute atomic E-state index is 0.0272. The van der Waals surface area contributed by atoms with Crippen molar-refractivity contribution in [3.8, 4) is 5.75 Å². The van der Waals surface area contributed by atoms with E-state index in [1.165, 1.54) is 12.1 Å². The summed E-state index contributed by atoms with van der Waals surface area (Å²) >= 11 is 0. The van der Waals surface area contributed by atoms with Crippen LogP contribution in [0.15, 0.2) is 75.9 Å². The summed E-state index contributed by atoms with van der Waals surface area (Å²) in [7, 11) is 1.61. The fraction of sp³-hybridized carbons (Fsp3) is 0.185. The lowest BCUT2D eigenvalue weighted by molar-refractivity contribution is 0.0730. The van der Waals surface area contributed by atoms with Crippen molar-refractivity contribution < 1.29 is 18.3 Å². The molecule has 0 bridgehead atoms. The Morgan fingerprint density at radius 3 is 2.42 bits per heavy atom. The summed E-state index contributed by atoms with van der Waals surface area (Å²) in [5, 5.41) is 0.135. The highest BCUT2D eigenvalue weighted by molar-refractivity contribution is 5.99. The summed E-state index contributed by atoms with van der Waals surface area (Å²) in [5.74, 6) is -0.0798. The predicted molar refractivity (Wildman–Crippen MR) is 123 cm³/mol. The molecule has 166 valence electrons. The lowest BCUT2D eigenvalue weighted by atomic mass is 9.97. The maximum absolute atomic E-state index is 13.9. The highest BCUT2D eigenvalue weighted by Gasteiger charge is 2.42. The monoisotopic (exact) mass is 443 g/mol. The molecular formula is C27H22FNO4.